The second kappa shape index (κ2) is 6.06. The fourth-order valence-corrected chi connectivity index (χ4v) is 2.45. The van der Waals surface area contributed by atoms with Gasteiger partial charge in [0, 0.05) is 23.2 Å². The molecule has 1 unspecified atom stereocenters. The minimum atomic E-state index is -0.968. The van der Waals surface area contributed by atoms with Crippen molar-refractivity contribution in [1.82, 2.24) is 5.32 Å². The molecule has 0 radical (unpaired) electrons. The second-order valence-corrected chi connectivity index (χ2v) is 5.34. The first kappa shape index (κ1) is 13.9. The highest BCUT2D eigenvalue weighted by atomic mass is 79.9. The SMILES string of the molecule is O=C(O)CC1C(=O)NCCCN1c1ccc(Br)cc1. The van der Waals surface area contributed by atoms with Gasteiger partial charge < -0.3 is 15.3 Å². The molecule has 1 aliphatic rings. The fourth-order valence-electron chi connectivity index (χ4n) is 2.19. The number of carboxylic acid groups (broad SMARTS) is 1. The molecule has 1 fully saturated rings. The Hall–Kier alpha value is -1.56. The van der Waals surface area contributed by atoms with Crippen molar-refractivity contribution in [1.29, 1.82) is 0 Å². The molecule has 1 aromatic rings. The zero-order valence-electron chi connectivity index (χ0n) is 10.3. The highest BCUT2D eigenvalue weighted by molar-refractivity contribution is 9.10. The summed E-state index contributed by atoms with van der Waals surface area (Å²) in [6, 6.07) is 6.89. The fraction of sp³-hybridized carbons (Fsp3) is 0.385. The number of benzene rings is 1. The second-order valence-electron chi connectivity index (χ2n) is 4.43. The van der Waals surface area contributed by atoms with Gasteiger partial charge in [-0.2, -0.15) is 0 Å². The van der Waals surface area contributed by atoms with E-state index in [9.17, 15) is 9.59 Å². The van der Waals surface area contributed by atoms with Gasteiger partial charge in [0.1, 0.15) is 6.04 Å². The molecule has 1 amide bonds. The summed E-state index contributed by atoms with van der Waals surface area (Å²) in [6.45, 7) is 1.25. The van der Waals surface area contributed by atoms with Gasteiger partial charge in [0.15, 0.2) is 0 Å². The lowest BCUT2D eigenvalue weighted by molar-refractivity contribution is -0.139. The first-order valence-electron chi connectivity index (χ1n) is 6.09. The number of nitrogens with one attached hydrogen (secondary N) is 1. The molecule has 0 saturated carbocycles. The molecule has 0 spiro atoms. The van der Waals surface area contributed by atoms with Crippen LogP contribution in [0.4, 0.5) is 5.69 Å². The molecule has 1 heterocycles. The third-order valence-electron chi connectivity index (χ3n) is 3.08. The van der Waals surface area contributed by atoms with E-state index in [-0.39, 0.29) is 12.3 Å². The van der Waals surface area contributed by atoms with Gasteiger partial charge in [-0.15, -0.1) is 0 Å². The Morgan fingerprint density at radius 3 is 2.74 bits per heavy atom. The molecular weight excluding hydrogens is 312 g/mol. The van der Waals surface area contributed by atoms with Crippen molar-refractivity contribution in [3.8, 4) is 0 Å². The Morgan fingerprint density at radius 2 is 2.11 bits per heavy atom. The topological polar surface area (TPSA) is 69.6 Å². The van der Waals surface area contributed by atoms with Gasteiger partial charge >= 0.3 is 5.97 Å². The number of carbonyl (C=O) groups excluding carboxylic acids is 1. The number of hydrogen-bond donors (Lipinski definition) is 2. The number of nitrogens with zero attached hydrogens (tertiary/aromatic N) is 1. The monoisotopic (exact) mass is 326 g/mol. The Labute approximate surface area is 119 Å². The highest BCUT2D eigenvalue weighted by Gasteiger charge is 2.30. The molecule has 0 aromatic heterocycles. The van der Waals surface area contributed by atoms with Crippen LogP contribution in [-0.4, -0.2) is 36.1 Å². The minimum Gasteiger partial charge on any atom is -0.481 e. The van der Waals surface area contributed by atoms with E-state index in [0.717, 1.165) is 16.6 Å². The smallest absolute Gasteiger partial charge is 0.305 e. The first-order chi connectivity index (χ1) is 9.08. The number of hydrogen-bond acceptors (Lipinski definition) is 3. The van der Waals surface area contributed by atoms with Crippen molar-refractivity contribution in [2.45, 2.75) is 18.9 Å². The lowest BCUT2D eigenvalue weighted by Gasteiger charge is -2.29. The van der Waals surface area contributed by atoms with Gasteiger partial charge in [-0.3, -0.25) is 9.59 Å². The number of carboxylic acids is 1. The van der Waals surface area contributed by atoms with E-state index in [0.29, 0.717) is 13.1 Å². The number of carbonyl (C=O) groups is 2. The largest absolute Gasteiger partial charge is 0.481 e. The molecule has 2 rings (SSSR count). The lowest BCUT2D eigenvalue weighted by atomic mass is 10.1. The van der Waals surface area contributed by atoms with E-state index in [4.69, 9.17) is 5.11 Å². The normalized spacial score (nSPS) is 19.7. The van der Waals surface area contributed by atoms with E-state index < -0.39 is 12.0 Å². The molecule has 1 aliphatic heterocycles. The average Bonchev–Trinajstić information content (AvgIpc) is 2.54. The zero-order valence-corrected chi connectivity index (χ0v) is 11.9. The molecule has 2 N–H and O–H groups in total. The average molecular weight is 327 g/mol. The molecule has 6 heteroatoms. The number of halogens is 1. The van der Waals surface area contributed by atoms with Crippen molar-refractivity contribution in [2.24, 2.45) is 0 Å². The van der Waals surface area contributed by atoms with E-state index in [2.05, 4.69) is 21.2 Å². The summed E-state index contributed by atoms with van der Waals surface area (Å²) in [5.41, 5.74) is 0.867. The predicted octanol–water partition coefficient (Wildman–Crippen LogP) is 1.62. The maximum absolute atomic E-state index is 12.0. The number of aliphatic carboxylic acids is 1. The Bertz CT molecular complexity index is 475. The van der Waals surface area contributed by atoms with Crippen LogP contribution in [0, 0.1) is 0 Å². The van der Waals surface area contributed by atoms with Crippen LogP contribution in [0.5, 0.6) is 0 Å². The van der Waals surface area contributed by atoms with Crippen molar-refractivity contribution >= 4 is 33.5 Å². The molecule has 102 valence electrons. The molecular formula is C13H15BrN2O3. The Morgan fingerprint density at radius 1 is 1.42 bits per heavy atom. The maximum Gasteiger partial charge on any atom is 0.305 e. The van der Waals surface area contributed by atoms with Crippen LogP contribution in [0.25, 0.3) is 0 Å². The summed E-state index contributed by atoms with van der Waals surface area (Å²) in [7, 11) is 0. The standard InChI is InChI=1S/C13H15BrN2O3/c14-9-2-4-10(5-3-9)16-7-1-6-15-13(19)11(16)8-12(17)18/h2-5,11H,1,6-8H2,(H,15,19)(H,17,18). The summed E-state index contributed by atoms with van der Waals surface area (Å²) >= 11 is 3.36. The van der Waals surface area contributed by atoms with Gasteiger partial charge in [0.2, 0.25) is 5.91 Å². The first-order valence-corrected chi connectivity index (χ1v) is 6.89. The van der Waals surface area contributed by atoms with Crippen LogP contribution in [0.2, 0.25) is 0 Å². The van der Waals surface area contributed by atoms with Crippen LogP contribution in [0.15, 0.2) is 28.7 Å². The molecule has 0 bridgehead atoms. The Kier molecular flexibility index (Phi) is 4.42. The summed E-state index contributed by atoms with van der Waals surface area (Å²) < 4.78 is 0.949. The lowest BCUT2D eigenvalue weighted by Crippen LogP contribution is -2.45. The van der Waals surface area contributed by atoms with Gasteiger partial charge in [0.25, 0.3) is 0 Å². The van der Waals surface area contributed by atoms with E-state index in [1.807, 2.05) is 29.2 Å². The van der Waals surface area contributed by atoms with Crippen LogP contribution >= 0.6 is 15.9 Å². The zero-order chi connectivity index (χ0) is 13.8. The number of anilines is 1. The summed E-state index contributed by atoms with van der Waals surface area (Å²) in [5.74, 6) is -1.19. The molecule has 1 aromatic carbocycles. The van der Waals surface area contributed by atoms with Crippen molar-refractivity contribution in [2.75, 3.05) is 18.0 Å². The van der Waals surface area contributed by atoms with Gasteiger partial charge in [0.05, 0.1) is 6.42 Å². The van der Waals surface area contributed by atoms with Gasteiger partial charge in [-0.1, -0.05) is 15.9 Å². The molecule has 5 nitrogen and oxygen atoms in total. The summed E-state index contributed by atoms with van der Waals surface area (Å²) in [6.07, 6.45) is 0.611. The van der Waals surface area contributed by atoms with Crippen LogP contribution in [-0.2, 0) is 9.59 Å². The minimum absolute atomic E-state index is 0.193. The van der Waals surface area contributed by atoms with Crippen LogP contribution in [0.3, 0.4) is 0 Å². The molecule has 19 heavy (non-hydrogen) atoms. The highest BCUT2D eigenvalue weighted by Crippen LogP contribution is 2.23. The molecule has 1 atom stereocenters. The van der Waals surface area contributed by atoms with Crippen molar-refractivity contribution in [3.63, 3.8) is 0 Å². The number of amides is 1. The predicted molar refractivity (Wildman–Crippen MR) is 75.2 cm³/mol. The maximum atomic E-state index is 12.0. The van der Waals surface area contributed by atoms with Crippen molar-refractivity contribution in [3.05, 3.63) is 28.7 Å². The van der Waals surface area contributed by atoms with Gasteiger partial charge in [-0.05, 0) is 30.7 Å². The van der Waals surface area contributed by atoms with E-state index >= 15 is 0 Å². The van der Waals surface area contributed by atoms with Crippen molar-refractivity contribution < 1.29 is 14.7 Å². The quantitative estimate of drug-likeness (QED) is 0.885. The van der Waals surface area contributed by atoms with E-state index in [1.54, 1.807) is 0 Å². The summed E-state index contributed by atoms with van der Waals surface area (Å²) in [4.78, 5) is 24.8. The van der Waals surface area contributed by atoms with Crippen LogP contribution in [0.1, 0.15) is 12.8 Å². The third kappa shape index (κ3) is 3.47. The molecule has 1 saturated heterocycles. The third-order valence-corrected chi connectivity index (χ3v) is 3.61. The molecule has 0 aliphatic carbocycles. The summed E-state index contributed by atoms with van der Waals surface area (Å²) in [5, 5.41) is 11.7. The van der Waals surface area contributed by atoms with Gasteiger partial charge in [-0.25, -0.2) is 0 Å². The Balaban J connectivity index is 2.29. The number of rotatable bonds is 3. The van der Waals surface area contributed by atoms with E-state index in [1.165, 1.54) is 0 Å². The van der Waals surface area contributed by atoms with Crippen LogP contribution < -0.4 is 10.2 Å².